The fourth-order valence-electron chi connectivity index (χ4n) is 2.16. The van der Waals surface area contributed by atoms with Crippen LogP contribution in [0.2, 0.25) is 0 Å². The van der Waals surface area contributed by atoms with E-state index in [0.29, 0.717) is 13.1 Å². The molecule has 1 aromatic rings. The number of methoxy groups -OCH3 is 1. The number of carbonyl (C=O) groups excluding carboxylic acids is 1. The molecule has 2 rings (SSSR count). The highest BCUT2D eigenvalue weighted by atomic mass is 16.6. The van der Waals surface area contributed by atoms with Crippen molar-refractivity contribution in [3.05, 3.63) is 34.4 Å². The number of carbonyl (C=O) groups is 1. The van der Waals surface area contributed by atoms with E-state index in [4.69, 9.17) is 4.74 Å². The van der Waals surface area contributed by atoms with E-state index in [2.05, 4.69) is 0 Å². The molecule has 1 saturated heterocycles. The molecule has 96 valence electrons. The highest BCUT2D eigenvalue weighted by Crippen LogP contribution is 2.27. The monoisotopic (exact) mass is 250 g/mol. The fraction of sp³-hybridized carbons (Fsp3) is 0.417. The lowest BCUT2D eigenvalue weighted by Crippen LogP contribution is -2.23. The van der Waals surface area contributed by atoms with E-state index in [1.807, 2.05) is 11.0 Å². The van der Waals surface area contributed by atoms with E-state index >= 15 is 0 Å². The van der Waals surface area contributed by atoms with Crippen molar-refractivity contribution in [2.45, 2.75) is 6.42 Å². The maximum Gasteiger partial charge on any atom is 0.310 e. The van der Waals surface area contributed by atoms with Gasteiger partial charge >= 0.3 is 5.97 Å². The maximum absolute atomic E-state index is 11.4. The van der Waals surface area contributed by atoms with Crippen LogP contribution in [0.3, 0.4) is 0 Å². The number of ether oxygens (including phenoxy) is 1. The Labute approximate surface area is 104 Å². The molecule has 0 bridgehead atoms. The second-order valence-electron chi connectivity index (χ2n) is 4.23. The molecule has 1 heterocycles. The average Bonchev–Trinajstić information content (AvgIpc) is 2.87. The molecule has 18 heavy (non-hydrogen) atoms. The Morgan fingerprint density at radius 2 is 2.33 bits per heavy atom. The summed E-state index contributed by atoms with van der Waals surface area (Å²) in [6, 6.07) is 6.45. The third-order valence-electron chi connectivity index (χ3n) is 3.13. The molecule has 1 aliphatic heterocycles. The van der Waals surface area contributed by atoms with Crippen molar-refractivity contribution >= 4 is 17.3 Å². The summed E-state index contributed by atoms with van der Waals surface area (Å²) in [5, 5.41) is 10.7. The number of anilines is 1. The van der Waals surface area contributed by atoms with Crippen molar-refractivity contribution < 1.29 is 14.5 Å². The summed E-state index contributed by atoms with van der Waals surface area (Å²) < 4.78 is 4.71. The van der Waals surface area contributed by atoms with Gasteiger partial charge in [0.15, 0.2) is 0 Å². The van der Waals surface area contributed by atoms with Gasteiger partial charge in [0.2, 0.25) is 0 Å². The molecule has 1 aliphatic rings. The second kappa shape index (κ2) is 5.03. The van der Waals surface area contributed by atoms with E-state index < -0.39 is 4.92 Å². The Hall–Kier alpha value is -2.11. The van der Waals surface area contributed by atoms with Crippen LogP contribution in [0.15, 0.2) is 24.3 Å². The molecule has 6 nitrogen and oxygen atoms in total. The zero-order valence-corrected chi connectivity index (χ0v) is 10.0. The van der Waals surface area contributed by atoms with E-state index in [9.17, 15) is 14.9 Å². The fourth-order valence-corrected chi connectivity index (χ4v) is 2.16. The van der Waals surface area contributed by atoms with Gasteiger partial charge in [-0.2, -0.15) is 0 Å². The summed E-state index contributed by atoms with van der Waals surface area (Å²) in [5.41, 5.74) is 0.838. The zero-order chi connectivity index (χ0) is 13.1. The van der Waals surface area contributed by atoms with E-state index in [1.54, 1.807) is 6.07 Å². The molecule has 0 saturated carbocycles. The number of esters is 1. The van der Waals surface area contributed by atoms with Crippen molar-refractivity contribution in [2.75, 3.05) is 25.1 Å². The van der Waals surface area contributed by atoms with E-state index in [1.165, 1.54) is 19.2 Å². The van der Waals surface area contributed by atoms with Crippen LogP contribution in [0.4, 0.5) is 11.4 Å². The number of rotatable bonds is 3. The lowest BCUT2D eigenvalue weighted by Gasteiger charge is -2.17. The molecule has 1 fully saturated rings. The number of hydrogen-bond acceptors (Lipinski definition) is 5. The number of nitro groups is 1. The van der Waals surface area contributed by atoms with Crippen molar-refractivity contribution in [3.8, 4) is 0 Å². The third-order valence-corrected chi connectivity index (χ3v) is 3.13. The quantitative estimate of drug-likeness (QED) is 0.463. The van der Waals surface area contributed by atoms with Crippen LogP contribution >= 0.6 is 0 Å². The van der Waals surface area contributed by atoms with Gasteiger partial charge in [0.1, 0.15) is 0 Å². The summed E-state index contributed by atoms with van der Waals surface area (Å²) >= 11 is 0. The van der Waals surface area contributed by atoms with Crippen LogP contribution in [-0.2, 0) is 9.53 Å². The van der Waals surface area contributed by atoms with E-state index in [0.717, 1.165) is 12.1 Å². The molecule has 6 heteroatoms. The van der Waals surface area contributed by atoms with Gasteiger partial charge in [0.25, 0.3) is 5.69 Å². The standard InChI is InChI=1S/C12H14N2O4/c1-18-12(15)9-5-6-13(8-9)10-3-2-4-11(7-10)14(16)17/h2-4,7,9H,5-6,8H2,1H3. The molecule has 1 unspecified atom stereocenters. The summed E-state index contributed by atoms with van der Waals surface area (Å²) in [7, 11) is 1.37. The van der Waals surface area contributed by atoms with Gasteiger partial charge in [-0.3, -0.25) is 14.9 Å². The maximum atomic E-state index is 11.4. The molecule has 0 spiro atoms. The van der Waals surface area contributed by atoms with Gasteiger partial charge in [0.05, 0.1) is 18.0 Å². The van der Waals surface area contributed by atoms with Crippen LogP contribution in [-0.4, -0.2) is 31.1 Å². The Bertz CT molecular complexity index is 475. The van der Waals surface area contributed by atoms with Gasteiger partial charge in [-0.15, -0.1) is 0 Å². The highest BCUT2D eigenvalue weighted by Gasteiger charge is 2.29. The normalized spacial score (nSPS) is 18.7. The molecule has 0 aromatic heterocycles. The van der Waals surface area contributed by atoms with Crippen LogP contribution in [0.1, 0.15) is 6.42 Å². The van der Waals surface area contributed by atoms with Crippen molar-refractivity contribution in [3.63, 3.8) is 0 Å². The van der Waals surface area contributed by atoms with Crippen molar-refractivity contribution in [2.24, 2.45) is 5.92 Å². The first-order valence-electron chi connectivity index (χ1n) is 5.69. The van der Waals surface area contributed by atoms with Crippen LogP contribution in [0, 0.1) is 16.0 Å². The van der Waals surface area contributed by atoms with Crippen molar-refractivity contribution in [1.82, 2.24) is 0 Å². The lowest BCUT2D eigenvalue weighted by atomic mass is 10.1. The van der Waals surface area contributed by atoms with Crippen LogP contribution in [0.25, 0.3) is 0 Å². The number of hydrogen-bond donors (Lipinski definition) is 0. The topological polar surface area (TPSA) is 72.7 Å². The number of nitro benzene ring substituents is 1. The minimum absolute atomic E-state index is 0.0639. The predicted molar refractivity (Wildman–Crippen MR) is 65.4 cm³/mol. The number of nitrogens with zero attached hydrogens (tertiary/aromatic N) is 2. The Balaban J connectivity index is 2.12. The Morgan fingerprint density at radius 1 is 1.56 bits per heavy atom. The predicted octanol–water partition coefficient (Wildman–Crippen LogP) is 1.59. The number of non-ortho nitro benzene ring substituents is 1. The second-order valence-corrected chi connectivity index (χ2v) is 4.23. The molecule has 0 aliphatic carbocycles. The van der Waals surface area contributed by atoms with Gasteiger partial charge < -0.3 is 9.64 Å². The highest BCUT2D eigenvalue weighted by molar-refractivity contribution is 5.74. The molecular formula is C12H14N2O4. The summed E-state index contributed by atoms with van der Waals surface area (Å²) in [6.45, 7) is 1.26. The summed E-state index contributed by atoms with van der Waals surface area (Å²) in [5.74, 6) is -0.364. The lowest BCUT2D eigenvalue weighted by molar-refractivity contribution is -0.384. The van der Waals surface area contributed by atoms with Gasteiger partial charge in [-0.25, -0.2) is 0 Å². The summed E-state index contributed by atoms with van der Waals surface area (Å²) in [6.07, 6.45) is 0.718. The van der Waals surface area contributed by atoms with Crippen LogP contribution < -0.4 is 4.90 Å². The van der Waals surface area contributed by atoms with Gasteiger partial charge in [-0.1, -0.05) is 6.07 Å². The first-order chi connectivity index (χ1) is 8.61. The Morgan fingerprint density at radius 3 is 3.00 bits per heavy atom. The first-order valence-corrected chi connectivity index (χ1v) is 5.69. The average molecular weight is 250 g/mol. The minimum atomic E-state index is -0.419. The van der Waals surface area contributed by atoms with Crippen LogP contribution in [0.5, 0.6) is 0 Å². The molecule has 0 amide bonds. The van der Waals surface area contributed by atoms with Gasteiger partial charge in [-0.05, 0) is 12.5 Å². The largest absolute Gasteiger partial charge is 0.469 e. The zero-order valence-electron chi connectivity index (χ0n) is 10.0. The Kier molecular flexibility index (Phi) is 3.45. The summed E-state index contributed by atoms with van der Waals surface area (Å²) in [4.78, 5) is 23.7. The molecule has 1 aromatic carbocycles. The first kappa shape index (κ1) is 12.3. The molecule has 1 atom stereocenters. The molecular weight excluding hydrogens is 236 g/mol. The van der Waals surface area contributed by atoms with E-state index in [-0.39, 0.29) is 17.6 Å². The molecule has 0 radical (unpaired) electrons. The number of benzene rings is 1. The van der Waals surface area contributed by atoms with Crippen molar-refractivity contribution in [1.29, 1.82) is 0 Å². The van der Waals surface area contributed by atoms with Gasteiger partial charge in [0, 0.05) is 30.9 Å². The smallest absolute Gasteiger partial charge is 0.310 e. The third kappa shape index (κ3) is 2.42. The minimum Gasteiger partial charge on any atom is -0.469 e. The molecule has 0 N–H and O–H groups in total. The SMILES string of the molecule is COC(=O)C1CCN(c2cccc([N+](=O)[O-])c2)C1.